The van der Waals surface area contributed by atoms with Crippen LogP contribution >= 0.6 is 24.0 Å². The Balaban J connectivity index is 0.00000261. The minimum absolute atomic E-state index is 0. The molecule has 0 aliphatic carbocycles. The second-order valence-corrected chi connectivity index (χ2v) is 6.86. The van der Waals surface area contributed by atoms with Gasteiger partial charge >= 0.3 is 0 Å². The van der Waals surface area contributed by atoms with Crippen LogP contribution in [0.5, 0.6) is 0 Å². The van der Waals surface area contributed by atoms with E-state index in [-0.39, 0.29) is 24.0 Å². The predicted octanol–water partition coefficient (Wildman–Crippen LogP) is 3.16. The number of rotatable bonds is 6. The number of benzene rings is 2. The first-order chi connectivity index (χ1) is 12.7. The highest BCUT2D eigenvalue weighted by molar-refractivity contribution is 14.0. The van der Waals surface area contributed by atoms with Crippen molar-refractivity contribution in [2.75, 3.05) is 44.6 Å². The van der Waals surface area contributed by atoms with Crippen molar-refractivity contribution in [3.05, 3.63) is 65.7 Å². The predicted molar refractivity (Wildman–Crippen MR) is 125 cm³/mol. The number of aliphatic imine (C=N–C) groups is 1. The molecule has 0 bridgehead atoms. The summed E-state index contributed by atoms with van der Waals surface area (Å²) < 4.78 is 0. The topological polar surface area (TPSA) is 56.9 Å². The van der Waals surface area contributed by atoms with Gasteiger partial charge in [-0.1, -0.05) is 48.0 Å². The third kappa shape index (κ3) is 7.48. The van der Waals surface area contributed by atoms with Crippen molar-refractivity contribution in [1.82, 2.24) is 9.80 Å². The fraction of sp³-hybridized carbons (Fsp3) is 0.381. The smallest absolute Gasteiger partial charge is 0.193 e. The van der Waals surface area contributed by atoms with Gasteiger partial charge in [-0.25, -0.2) is 0 Å². The number of aryl methyl sites for hydroxylation is 1. The number of hydrogen-bond acceptors (Lipinski definition) is 3. The molecule has 1 fully saturated rings. The monoisotopic (exact) mass is 479 g/mol. The fourth-order valence-corrected chi connectivity index (χ4v) is 3.15. The third-order valence-corrected chi connectivity index (χ3v) is 4.74. The highest BCUT2D eigenvalue weighted by atomic mass is 127. The van der Waals surface area contributed by atoms with E-state index in [1.807, 2.05) is 12.1 Å². The Labute approximate surface area is 179 Å². The van der Waals surface area contributed by atoms with Gasteiger partial charge in [-0.05, 0) is 24.6 Å². The van der Waals surface area contributed by atoms with Crippen LogP contribution in [-0.4, -0.2) is 55.0 Å². The van der Waals surface area contributed by atoms with Gasteiger partial charge in [0.2, 0.25) is 0 Å². The van der Waals surface area contributed by atoms with Crippen LogP contribution < -0.4 is 11.1 Å². The first-order valence-corrected chi connectivity index (χ1v) is 9.31. The number of nitrogens with one attached hydrogen (secondary N) is 1. The molecule has 1 heterocycles. The van der Waals surface area contributed by atoms with Gasteiger partial charge in [0.1, 0.15) is 0 Å². The van der Waals surface area contributed by atoms with Gasteiger partial charge in [-0.2, -0.15) is 0 Å². The van der Waals surface area contributed by atoms with E-state index in [0.717, 1.165) is 51.5 Å². The fourth-order valence-electron chi connectivity index (χ4n) is 3.15. The molecule has 2 aromatic carbocycles. The molecule has 1 saturated heterocycles. The molecule has 0 unspecified atom stereocenters. The van der Waals surface area contributed by atoms with E-state index >= 15 is 0 Å². The molecule has 27 heavy (non-hydrogen) atoms. The van der Waals surface area contributed by atoms with Crippen molar-refractivity contribution in [1.29, 1.82) is 0 Å². The lowest BCUT2D eigenvalue weighted by molar-refractivity contribution is 0.130. The van der Waals surface area contributed by atoms with Gasteiger partial charge in [0.05, 0.1) is 6.54 Å². The molecular weight excluding hydrogens is 449 g/mol. The molecule has 0 spiro atoms. The summed E-state index contributed by atoms with van der Waals surface area (Å²) in [5.74, 6) is 0.483. The Morgan fingerprint density at radius 1 is 0.963 bits per heavy atom. The molecule has 6 heteroatoms. The average Bonchev–Trinajstić information content (AvgIpc) is 2.66. The summed E-state index contributed by atoms with van der Waals surface area (Å²) in [6, 6.07) is 18.8. The van der Waals surface area contributed by atoms with E-state index in [9.17, 15) is 0 Å². The molecule has 0 saturated carbocycles. The Morgan fingerprint density at radius 3 is 2.26 bits per heavy atom. The summed E-state index contributed by atoms with van der Waals surface area (Å²) in [5.41, 5.74) is 9.58. The second-order valence-electron chi connectivity index (χ2n) is 6.86. The van der Waals surface area contributed by atoms with Crippen molar-refractivity contribution >= 4 is 35.6 Å². The van der Waals surface area contributed by atoms with Crippen LogP contribution in [0.4, 0.5) is 5.69 Å². The van der Waals surface area contributed by atoms with E-state index < -0.39 is 0 Å². The zero-order chi connectivity index (χ0) is 18.2. The summed E-state index contributed by atoms with van der Waals surface area (Å²) in [6.45, 7) is 9.19. The lowest BCUT2D eigenvalue weighted by Crippen LogP contribution is -2.46. The molecular formula is C21H30IN5. The number of nitrogens with two attached hydrogens (primary N) is 1. The van der Waals surface area contributed by atoms with Crippen LogP contribution in [0.25, 0.3) is 0 Å². The van der Waals surface area contributed by atoms with Gasteiger partial charge in [0.25, 0.3) is 0 Å². The van der Waals surface area contributed by atoms with E-state index in [0.29, 0.717) is 5.96 Å². The maximum absolute atomic E-state index is 5.98. The van der Waals surface area contributed by atoms with E-state index in [4.69, 9.17) is 5.73 Å². The summed E-state index contributed by atoms with van der Waals surface area (Å²) in [5, 5.41) is 3.14. The molecule has 0 atom stereocenters. The Kier molecular flexibility index (Phi) is 9.03. The molecule has 1 aliphatic heterocycles. The highest BCUT2D eigenvalue weighted by Crippen LogP contribution is 2.09. The summed E-state index contributed by atoms with van der Waals surface area (Å²) >= 11 is 0. The minimum atomic E-state index is 0. The molecule has 3 N–H and O–H groups in total. The number of hydrogen-bond donors (Lipinski definition) is 2. The Hall–Kier alpha value is -1.64. The van der Waals surface area contributed by atoms with E-state index in [2.05, 4.69) is 69.5 Å². The first-order valence-electron chi connectivity index (χ1n) is 9.31. The molecule has 0 radical (unpaired) electrons. The van der Waals surface area contributed by atoms with E-state index in [1.165, 1.54) is 11.1 Å². The molecule has 0 amide bonds. The van der Waals surface area contributed by atoms with Crippen molar-refractivity contribution in [3.63, 3.8) is 0 Å². The molecule has 2 aromatic rings. The Morgan fingerprint density at radius 2 is 1.59 bits per heavy atom. The van der Waals surface area contributed by atoms with Crippen LogP contribution in [0.15, 0.2) is 59.6 Å². The third-order valence-electron chi connectivity index (χ3n) is 4.74. The number of anilines is 1. The van der Waals surface area contributed by atoms with Crippen molar-refractivity contribution < 1.29 is 0 Å². The Bertz CT molecular complexity index is 694. The maximum atomic E-state index is 5.98. The molecule has 5 nitrogen and oxygen atoms in total. The zero-order valence-electron chi connectivity index (χ0n) is 16.0. The molecule has 1 aliphatic rings. The van der Waals surface area contributed by atoms with Gasteiger partial charge < -0.3 is 11.1 Å². The lowest BCUT2D eigenvalue weighted by atomic mass is 10.2. The zero-order valence-corrected chi connectivity index (χ0v) is 18.3. The van der Waals surface area contributed by atoms with E-state index in [1.54, 1.807) is 0 Å². The normalized spacial score (nSPS) is 16.0. The number of guanidine groups is 1. The average molecular weight is 479 g/mol. The maximum Gasteiger partial charge on any atom is 0.193 e. The van der Waals surface area contributed by atoms with Crippen LogP contribution in [-0.2, 0) is 6.54 Å². The second kappa shape index (κ2) is 11.3. The number of piperazine rings is 1. The van der Waals surface area contributed by atoms with Crippen LogP contribution in [0, 0.1) is 6.92 Å². The van der Waals surface area contributed by atoms with Crippen LogP contribution in [0.3, 0.4) is 0 Å². The quantitative estimate of drug-likeness (QED) is 0.380. The van der Waals surface area contributed by atoms with Gasteiger partial charge in [-0.3, -0.25) is 14.8 Å². The SMILES string of the molecule is Cc1ccc(NC(N)=NCCN2CCN(Cc3ccccc3)CC2)cc1.I. The molecule has 0 aromatic heterocycles. The standard InChI is InChI=1S/C21H29N5.HI/c1-18-7-9-20(10-8-18)24-21(22)23-11-12-25-13-15-26(16-14-25)17-19-5-3-2-4-6-19;/h2-10H,11-17H2,1H3,(H3,22,23,24);1H. The highest BCUT2D eigenvalue weighted by Gasteiger charge is 2.16. The van der Waals surface area contributed by atoms with Crippen LogP contribution in [0.1, 0.15) is 11.1 Å². The summed E-state index contributed by atoms with van der Waals surface area (Å²) in [4.78, 5) is 9.43. The number of halogens is 1. The van der Waals surface area contributed by atoms with Crippen LogP contribution in [0.2, 0.25) is 0 Å². The van der Waals surface area contributed by atoms with Crippen molar-refractivity contribution in [2.45, 2.75) is 13.5 Å². The van der Waals surface area contributed by atoms with Gasteiger partial charge in [-0.15, -0.1) is 24.0 Å². The van der Waals surface area contributed by atoms with Gasteiger partial charge in [0.15, 0.2) is 5.96 Å². The molecule has 3 rings (SSSR count). The molecule has 146 valence electrons. The van der Waals surface area contributed by atoms with Gasteiger partial charge in [0, 0.05) is 45.0 Å². The first kappa shape index (κ1) is 21.7. The van der Waals surface area contributed by atoms with Crippen molar-refractivity contribution in [3.8, 4) is 0 Å². The number of nitrogens with zero attached hydrogens (tertiary/aromatic N) is 3. The lowest BCUT2D eigenvalue weighted by Gasteiger charge is -2.34. The summed E-state index contributed by atoms with van der Waals surface area (Å²) in [7, 11) is 0. The van der Waals surface area contributed by atoms with Crippen molar-refractivity contribution in [2.24, 2.45) is 10.7 Å². The summed E-state index contributed by atoms with van der Waals surface area (Å²) in [6.07, 6.45) is 0. The minimum Gasteiger partial charge on any atom is -0.370 e. The largest absolute Gasteiger partial charge is 0.370 e.